The van der Waals surface area contributed by atoms with E-state index in [0.29, 0.717) is 0 Å². The van der Waals surface area contributed by atoms with E-state index in [9.17, 15) is 4.79 Å². The summed E-state index contributed by atoms with van der Waals surface area (Å²) < 4.78 is 0. The number of carboxylic acid groups (broad SMARTS) is 1. The number of carboxylic acids is 1. The van der Waals surface area contributed by atoms with E-state index < -0.39 is 5.97 Å². The molecule has 0 aliphatic heterocycles. The monoisotopic (exact) mass is 267 g/mol. The largest absolute Gasteiger partial charge is 0.478 e. The minimum absolute atomic E-state index is 0.899. The zero-order valence-corrected chi connectivity index (χ0v) is 11.9. The summed E-state index contributed by atoms with van der Waals surface area (Å²) in [6, 6.07) is 4.07. The molecule has 0 amide bonds. The maximum atomic E-state index is 10.4. The molecule has 1 aromatic heterocycles. The van der Waals surface area contributed by atoms with Crippen LogP contribution in [0.1, 0.15) is 36.4 Å². The van der Waals surface area contributed by atoms with Crippen LogP contribution in [0.15, 0.2) is 18.2 Å². The summed E-state index contributed by atoms with van der Waals surface area (Å²) >= 11 is 1.66. The highest BCUT2D eigenvalue weighted by Crippen LogP contribution is 2.20. The second kappa shape index (κ2) is 8.06. The molecule has 1 N–H and O–H groups in total. The number of aliphatic carboxylic acids is 1. The Morgan fingerprint density at radius 3 is 2.56 bits per heavy atom. The van der Waals surface area contributed by atoms with Gasteiger partial charge in [0, 0.05) is 22.4 Å². The van der Waals surface area contributed by atoms with Gasteiger partial charge >= 0.3 is 5.97 Å². The van der Waals surface area contributed by atoms with Crippen LogP contribution >= 0.6 is 11.3 Å². The fourth-order valence-electron chi connectivity index (χ4n) is 1.85. The van der Waals surface area contributed by atoms with E-state index in [-0.39, 0.29) is 0 Å². The average molecular weight is 267 g/mol. The zero-order chi connectivity index (χ0) is 13.4. The summed E-state index contributed by atoms with van der Waals surface area (Å²) in [5.41, 5.74) is 0. The van der Waals surface area contributed by atoms with Gasteiger partial charge in [0.1, 0.15) is 0 Å². The van der Waals surface area contributed by atoms with Crippen molar-refractivity contribution in [2.75, 3.05) is 13.1 Å². The van der Waals surface area contributed by atoms with E-state index >= 15 is 0 Å². The second-order valence-corrected chi connectivity index (χ2v) is 5.45. The summed E-state index contributed by atoms with van der Waals surface area (Å²) in [5.74, 6) is -0.899. The SMILES string of the molecule is CCCN(CCC)Cc1ccc(/C=C/C(=O)O)s1. The van der Waals surface area contributed by atoms with E-state index in [2.05, 4.69) is 24.8 Å². The second-order valence-electron chi connectivity index (χ2n) is 4.25. The van der Waals surface area contributed by atoms with Gasteiger partial charge in [0.05, 0.1) is 0 Å². The van der Waals surface area contributed by atoms with Gasteiger partial charge in [0.2, 0.25) is 0 Å². The Kier molecular flexibility index (Phi) is 6.68. The molecule has 0 bridgehead atoms. The minimum atomic E-state index is -0.899. The Morgan fingerprint density at radius 1 is 1.33 bits per heavy atom. The predicted octanol–water partition coefficient (Wildman–Crippen LogP) is 3.47. The lowest BCUT2D eigenvalue weighted by Gasteiger charge is -2.19. The average Bonchev–Trinajstić information content (AvgIpc) is 2.75. The maximum Gasteiger partial charge on any atom is 0.328 e. The molecule has 0 aliphatic rings. The molecule has 0 radical (unpaired) electrons. The van der Waals surface area contributed by atoms with Crippen LogP contribution in [-0.4, -0.2) is 29.1 Å². The van der Waals surface area contributed by atoms with Gasteiger partial charge in [-0.05, 0) is 44.1 Å². The molecular weight excluding hydrogens is 246 g/mol. The van der Waals surface area contributed by atoms with Crippen LogP contribution in [0.25, 0.3) is 6.08 Å². The summed E-state index contributed by atoms with van der Waals surface area (Å²) in [6.07, 6.45) is 5.17. The molecular formula is C14H21NO2S. The lowest BCUT2D eigenvalue weighted by Crippen LogP contribution is -2.24. The van der Waals surface area contributed by atoms with E-state index in [0.717, 1.165) is 37.4 Å². The lowest BCUT2D eigenvalue weighted by atomic mass is 10.3. The Morgan fingerprint density at radius 2 is 2.00 bits per heavy atom. The van der Waals surface area contributed by atoms with Crippen molar-refractivity contribution in [3.8, 4) is 0 Å². The number of nitrogens with zero attached hydrogens (tertiary/aromatic N) is 1. The van der Waals surface area contributed by atoms with Crippen molar-refractivity contribution >= 4 is 23.4 Å². The van der Waals surface area contributed by atoms with E-state index in [1.807, 2.05) is 6.07 Å². The quantitative estimate of drug-likeness (QED) is 0.733. The fourth-order valence-corrected chi connectivity index (χ4v) is 2.80. The first-order valence-corrected chi connectivity index (χ1v) is 7.19. The van der Waals surface area contributed by atoms with Crippen molar-refractivity contribution in [1.82, 2.24) is 4.90 Å². The van der Waals surface area contributed by atoms with Gasteiger partial charge in [0.15, 0.2) is 0 Å². The molecule has 0 unspecified atom stereocenters. The summed E-state index contributed by atoms with van der Waals surface area (Å²) in [6.45, 7) is 7.58. The lowest BCUT2D eigenvalue weighted by molar-refractivity contribution is -0.131. The van der Waals surface area contributed by atoms with Crippen LogP contribution in [0.3, 0.4) is 0 Å². The molecule has 100 valence electrons. The topological polar surface area (TPSA) is 40.5 Å². The van der Waals surface area contributed by atoms with Crippen molar-refractivity contribution in [1.29, 1.82) is 0 Å². The standard InChI is InChI=1S/C14H21NO2S/c1-3-9-15(10-4-2)11-13-6-5-12(18-13)7-8-14(16)17/h5-8H,3-4,9-11H2,1-2H3,(H,16,17)/b8-7+. The molecule has 0 spiro atoms. The molecule has 18 heavy (non-hydrogen) atoms. The number of hydrogen-bond donors (Lipinski definition) is 1. The van der Waals surface area contributed by atoms with Gasteiger partial charge in [-0.1, -0.05) is 13.8 Å². The first kappa shape index (κ1) is 14.9. The van der Waals surface area contributed by atoms with Crippen molar-refractivity contribution in [3.05, 3.63) is 28.0 Å². The van der Waals surface area contributed by atoms with E-state index in [1.165, 1.54) is 11.0 Å². The number of carbonyl (C=O) groups is 1. The summed E-state index contributed by atoms with van der Waals surface area (Å²) in [4.78, 5) is 15.2. The van der Waals surface area contributed by atoms with Gasteiger partial charge in [-0.25, -0.2) is 4.79 Å². The molecule has 1 aromatic rings. The van der Waals surface area contributed by atoms with Crippen molar-refractivity contribution in [3.63, 3.8) is 0 Å². The first-order valence-electron chi connectivity index (χ1n) is 6.37. The van der Waals surface area contributed by atoms with Crippen LogP contribution in [0, 0.1) is 0 Å². The molecule has 0 fully saturated rings. The minimum Gasteiger partial charge on any atom is -0.478 e. The number of thiophene rings is 1. The van der Waals surface area contributed by atoms with Crippen LogP contribution in [-0.2, 0) is 11.3 Å². The molecule has 3 nitrogen and oxygen atoms in total. The first-order chi connectivity index (χ1) is 8.65. The molecule has 4 heteroatoms. The third-order valence-electron chi connectivity index (χ3n) is 2.53. The molecule has 0 aromatic carbocycles. The molecule has 0 aliphatic carbocycles. The molecule has 0 saturated heterocycles. The van der Waals surface area contributed by atoms with Crippen molar-refractivity contribution in [2.45, 2.75) is 33.2 Å². The Bertz CT molecular complexity index is 392. The summed E-state index contributed by atoms with van der Waals surface area (Å²) in [5, 5.41) is 8.58. The highest BCUT2D eigenvalue weighted by atomic mass is 32.1. The Hall–Kier alpha value is -1.13. The third-order valence-corrected chi connectivity index (χ3v) is 3.57. The third kappa shape index (κ3) is 5.47. The van der Waals surface area contributed by atoms with Crippen LogP contribution in [0.4, 0.5) is 0 Å². The number of rotatable bonds is 8. The van der Waals surface area contributed by atoms with Crippen LogP contribution < -0.4 is 0 Å². The fraction of sp³-hybridized carbons (Fsp3) is 0.500. The van der Waals surface area contributed by atoms with Gasteiger partial charge in [0.25, 0.3) is 0 Å². The van der Waals surface area contributed by atoms with E-state index in [1.54, 1.807) is 17.4 Å². The highest BCUT2D eigenvalue weighted by Gasteiger charge is 2.05. The summed E-state index contributed by atoms with van der Waals surface area (Å²) in [7, 11) is 0. The van der Waals surface area contributed by atoms with Crippen LogP contribution in [0.2, 0.25) is 0 Å². The smallest absolute Gasteiger partial charge is 0.328 e. The van der Waals surface area contributed by atoms with Crippen molar-refractivity contribution < 1.29 is 9.90 Å². The van der Waals surface area contributed by atoms with E-state index in [4.69, 9.17) is 5.11 Å². The molecule has 0 saturated carbocycles. The number of hydrogen-bond acceptors (Lipinski definition) is 3. The van der Waals surface area contributed by atoms with Crippen molar-refractivity contribution in [2.24, 2.45) is 0 Å². The van der Waals surface area contributed by atoms with Gasteiger partial charge in [-0.2, -0.15) is 0 Å². The Labute approximate surface area is 113 Å². The van der Waals surface area contributed by atoms with Crippen LogP contribution in [0.5, 0.6) is 0 Å². The predicted molar refractivity (Wildman–Crippen MR) is 76.8 cm³/mol. The van der Waals surface area contributed by atoms with Gasteiger partial charge < -0.3 is 5.11 Å². The highest BCUT2D eigenvalue weighted by molar-refractivity contribution is 7.12. The maximum absolute atomic E-state index is 10.4. The Balaban J connectivity index is 2.58. The zero-order valence-electron chi connectivity index (χ0n) is 11.1. The molecule has 1 heterocycles. The van der Waals surface area contributed by atoms with Gasteiger partial charge in [-0.3, -0.25) is 4.90 Å². The van der Waals surface area contributed by atoms with Gasteiger partial charge in [-0.15, -0.1) is 11.3 Å². The molecule has 1 rings (SSSR count). The molecule has 0 atom stereocenters. The normalized spacial score (nSPS) is 11.5.